The number of carbonyl (C=O) groups excluding carboxylic acids is 1. The summed E-state index contributed by atoms with van der Waals surface area (Å²) in [5.41, 5.74) is 8.46. The number of rotatable bonds is 3. The fraction of sp³-hybridized carbons (Fsp3) is 0.231. The molecule has 94 valence electrons. The second-order valence-electron chi connectivity index (χ2n) is 4.05. The van der Waals surface area contributed by atoms with Crippen LogP contribution in [0.2, 0.25) is 0 Å². The SMILES string of the molecule is CCN(C)C(=O)c1cccc(N)c1-c1cc[nH]n1. The number of anilines is 1. The molecular weight excluding hydrogens is 228 g/mol. The summed E-state index contributed by atoms with van der Waals surface area (Å²) in [7, 11) is 1.76. The minimum atomic E-state index is -0.0530. The molecule has 3 N–H and O–H groups in total. The summed E-state index contributed by atoms with van der Waals surface area (Å²) in [6.45, 7) is 2.58. The number of H-pyrrole nitrogens is 1. The van der Waals surface area contributed by atoms with Gasteiger partial charge in [-0.25, -0.2) is 0 Å². The lowest BCUT2D eigenvalue weighted by Gasteiger charge is -2.17. The van der Waals surface area contributed by atoms with Crippen LogP contribution in [0.1, 0.15) is 17.3 Å². The number of hydrogen-bond donors (Lipinski definition) is 2. The molecule has 18 heavy (non-hydrogen) atoms. The molecular formula is C13H16N4O. The van der Waals surface area contributed by atoms with Gasteiger partial charge in [-0.2, -0.15) is 5.10 Å². The first kappa shape index (κ1) is 12.2. The van der Waals surface area contributed by atoms with Crippen molar-refractivity contribution in [1.29, 1.82) is 0 Å². The Hall–Kier alpha value is -2.30. The van der Waals surface area contributed by atoms with Crippen molar-refractivity contribution in [3.05, 3.63) is 36.0 Å². The average molecular weight is 244 g/mol. The maximum Gasteiger partial charge on any atom is 0.254 e. The molecule has 0 atom stereocenters. The molecule has 0 aliphatic carbocycles. The van der Waals surface area contributed by atoms with E-state index >= 15 is 0 Å². The Morgan fingerprint density at radius 3 is 2.83 bits per heavy atom. The third kappa shape index (κ3) is 2.07. The molecule has 0 saturated heterocycles. The molecule has 1 aromatic carbocycles. The van der Waals surface area contributed by atoms with Crippen LogP contribution in [-0.2, 0) is 0 Å². The molecule has 5 heteroatoms. The van der Waals surface area contributed by atoms with Gasteiger partial charge in [-0.3, -0.25) is 9.89 Å². The van der Waals surface area contributed by atoms with Crippen LogP contribution in [0.15, 0.2) is 30.5 Å². The van der Waals surface area contributed by atoms with Crippen LogP contribution in [0.3, 0.4) is 0 Å². The van der Waals surface area contributed by atoms with E-state index in [-0.39, 0.29) is 5.91 Å². The second kappa shape index (κ2) is 4.91. The predicted octanol–water partition coefficient (Wildman–Crippen LogP) is 1.75. The molecule has 1 heterocycles. The van der Waals surface area contributed by atoms with Gasteiger partial charge in [0.1, 0.15) is 0 Å². The molecule has 1 amide bonds. The minimum Gasteiger partial charge on any atom is -0.398 e. The molecule has 0 bridgehead atoms. The zero-order valence-electron chi connectivity index (χ0n) is 10.5. The number of nitrogens with one attached hydrogen (secondary N) is 1. The van der Waals surface area contributed by atoms with Gasteiger partial charge in [0.25, 0.3) is 5.91 Å². The van der Waals surface area contributed by atoms with Gasteiger partial charge in [0.2, 0.25) is 0 Å². The number of hydrogen-bond acceptors (Lipinski definition) is 3. The van der Waals surface area contributed by atoms with Crippen LogP contribution in [-0.4, -0.2) is 34.6 Å². The topological polar surface area (TPSA) is 75.0 Å². The summed E-state index contributed by atoms with van der Waals surface area (Å²) in [6, 6.07) is 7.12. The van der Waals surface area contributed by atoms with Gasteiger partial charge in [0.15, 0.2) is 0 Å². The van der Waals surface area contributed by atoms with Crippen molar-refractivity contribution >= 4 is 11.6 Å². The number of nitrogens with two attached hydrogens (primary N) is 1. The minimum absolute atomic E-state index is 0.0530. The van der Waals surface area contributed by atoms with E-state index in [1.165, 1.54) is 0 Å². The van der Waals surface area contributed by atoms with E-state index in [0.29, 0.717) is 29.1 Å². The monoisotopic (exact) mass is 244 g/mol. The molecule has 5 nitrogen and oxygen atoms in total. The number of benzene rings is 1. The lowest BCUT2D eigenvalue weighted by atomic mass is 10.0. The third-order valence-electron chi connectivity index (χ3n) is 2.91. The van der Waals surface area contributed by atoms with E-state index in [9.17, 15) is 4.79 Å². The quantitative estimate of drug-likeness (QED) is 0.808. The van der Waals surface area contributed by atoms with E-state index in [0.717, 1.165) is 0 Å². The summed E-state index contributed by atoms with van der Waals surface area (Å²) < 4.78 is 0. The lowest BCUT2D eigenvalue weighted by Crippen LogP contribution is -2.26. The maximum atomic E-state index is 12.3. The van der Waals surface area contributed by atoms with Crippen molar-refractivity contribution in [3.8, 4) is 11.3 Å². The number of carbonyl (C=O) groups is 1. The van der Waals surface area contributed by atoms with Gasteiger partial charge in [0.05, 0.1) is 11.3 Å². The van der Waals surface area contributed by atoms with Gasteiger partial charge in [-0.05, 0) is 25.1 Å². The van der Waals surface area contributed by atoms with E-state index in [1.807, 2.05) is 6.92 Å². The lowest BCUT2D eigenvalue weighted by molar-refractivity contribution is 0.0803. The van der Waals surface area contributed by atoms with Crippen molar-refractivity contribution in [2.24, 2.45) is 0 Å². The van der Waals surface area contributed by atoms with E-state index < -0.39 is 0 Å². The first-order valence-corrected chi connectivity index (χ1v) is 5.79. The zero-order chi connectivity index (χ0) is 13.1. The summed E-state index contributed by atoms with van der Waals surface area (Å²) in [5, 5.41) is 6.83. The summed E-state index contributed by atoms with van der Waals surface area (Å²) in [6.07, 6.45) is 1.71. The van der Waals surface area contributed by atoms with Crippen LogP contribution < -0.4 is 5.73 Å². The average Bonchev–Trinajstić information content (AvgIpc) is 2.90. The van der Waals surface area contributed by atoms with Crippen LogP contribution in [0.25, 0.3) is 11.3 Å². The van der Waals surface area contributed by atoms with Gasteiger partial charge in [-0.15, -0.1) is 0 Å². The number of aromatic amines is 1. The van der Waals surface area contributed by atoms with Crippen molar-refractivity contribution in [2.45, 2.75) is 6.92 Å². The molecule has 0 radical (unpaired) electrons. The van der Waals surface area contributed by atoms with E-state index in [1.54, 1.807) is 42.4 Å². The van der Waals surface area contributed by atoms with Crippen LogP contribution in [0.5, 0.6) is 0 Å². The fourth-order valence-electron chi connectivity index (χ4n) is 1.78. The summed E-state index contributed by atoms with van der Waals surface area (Å²) in [4.78, 5) is 13.9. The highest BCUT2D eigenvalue weighted by molar-refractivity contribution is 6.03. The highest BCUT2D eigenvalue weighted by atomic mass is 16.2. The summed E-state index contributed by atoms with van der Waals surface area (Å²) in [5.74, 6) is -0.0530. The Morgan fingerprint density at radius 1 is 1.44 bits per heavy atom. The Morgan fingerprint density at radius 2 is 2.22 bits per heavy atom. The Balaban J connectivity index is 2.55. The number of aromatic nitrogens is 2. The molecule has 0 unspecified atom stereocenters. The molecule has 2 aromatic rings. The molecule has 0 aliphatic heterocycles. The molecule has 2 rings (SSSR count). The van der Waals surface area contributed by atoms with Crippen LogP contribution in [0, 0.1) is 0 Å². The third-order valence-corrected chi connectivity index (χ3v) is 2.91. The Labute approximate surface area is 106 Å². The first-order valence-electron chi connectivity index (χ1n) is 5.79. The molecule has 0 saturated carbocycles. The number of nitrogen functional groups attached to an aromatic ring is 1. The van der Waals surface area contributed by atoms with E-state index in [2.05, 4.69) is 10.2 Å². The van der Waals surface area contributed by atoms with Gasteiger partial charge in [0, 0.05) is 31.0 Å². The molecule has 0 fully saturated rings. The number of amides is 1. The standard InChI is InChI=1S/C13H16N4O/c1-3-17(2)13(18)9-5-4-6-10(14)12(9)11-7-8-15-16-11/h4-8H,3,14H2,1-2H3,(H,15,16). The van der Waals surface area contributed by atoms with Crippen molar-refractivity contribution < 1.29 is 4.79 Å². The highest BCUT2D eigenvalue weighted by Gasteiger charge is 2.18. The maximum absolute atomic E-state index is 12.3. The van der Waals surface area contributed by atoms with Gasteiger partial charge >= 0.3 is 0 Å². The highest BCUT2D eigenvalue weighted by Crippen LogP contribution is 2.28. The molecule has 0 spiro atoms. The molecule has 1 aromatic heterocycles. The van der Waals surface area contributed by atoms with Crippen LogP contribution >= 0.6 is 0 Å². The van der Waals surface area contributed by atoms with Crippen molar-refractivity contribution in [3.63, 3.8) is 0 Å². The first-order chi connectivity index (χ1) is 8.65. The van der Waals surface area contributed by atoms with E-state index in [4.69, 9.17) is 5.73 Å². The van der Waals surface area contributed by atoms with Gasteiger partial charge < -0.3 is 10.6 Å². The van der Waals surface area contributed by atoms with Crippen molar-refractivity contribution in [1.82, 2.24) is 15.1 Å². The normalized spacial score (nSPS) is 10.3. The zero-order valence-corrected chi connectivity index (χ0v) is 10.5. The summed E-state index contributed by atoms with van der Waals surface area (Å²) >= 11 is 0. The van der Waals surface area contributed by atoms with Crippen molar-refractivity contribution in [2.75, 3.05) is 19.3 Å². The largest absolute Gasteiger partial charge is 0.398 e. The number of nitrogens with zero attached hydrogens (tertiary/aromatic N) is 2. The Bertz CT molecular complexity index is 548. The van der Waals surface area contributed by atoms with Crippen LogP contribution in [0.4, 0.5) is 5.69 Å². The van der Waals surface area contributed by atoms with Gasteiger partial charge in [-0.1, -0.05) is 6.07 Å². The molecule has 0 aliphatic rings. The smallest absolute Gasteiger partial charge is 0.254 e. The fourth-order valence-corrected chi connectivity index (χ4v) is 1.78. The Kier molecular flexibility index (Phi) is 3.32. The predicted molar refractivity (Wildman–Crippen MR) is 71.1 cm³/mol. The second-order valence-corrected chi connectivity index (χ2v) is 4.05.